The molecular weight excluding hydrogens is 349 g/mol. The van der Waals surface area contributed by atoms with Crippen LogP contribution in [0.25, 0.3) is 0 Å². The molecule has 7 nitrogen and oxygen atoms in total. The van der Waals surface area contributed by atoms with E-state index >= 15 is 0 Å². The van der Waals surface area contributed by atoms with Crippen LogP contribution in [0.1, 0.15) is 29.0 Å². The molecule has 1 aromatic carbocycles. The molecule has 0 saturated carbocycles. The molecule has 0 atom stereocenters. The number of aryl methyl sites for hydroxylation is 1. The second-order valence-corrected chi connectivity index (χ2v) is 7.39. The van der Waals surface area contributed by atoms with Crippen molar-refractivity contribution >= 4 is 11.6 Å². The van der Waals surface area contributed by atoms with Gasteiger partial charge in [-0.25, -0.2) is 9.37 Å². The number of anilines is 1. The van der Waals surface area contributed by atoms with E-state index in [-0.39, 0.29) is 23.0 Å². The minimum Gasteiger partial charge on any atom is -0.383 e. The molecule has 144 valence electrons. The highest BCUT2D eigenvalue weighted by molar-refractivity contribution is 5.90. The zero-order valence-corrected chi connectivity index (χ0v) is 15.7. The Morgan fingerprint density at radius 1 is 1.33 bits per heavy atom. The first-order chi connectivity index (χ1) is 13.0. The molecule has 0 radical (unpaired) electrons. The van der Waals surface area contributed by atoms with Gasteiger partial charge in [0.2, 0.25) is 5.82 Å². The fourth-order valence-electron chi connectivity index (χ4n) is 4.29. The summed E-state index contributed by atoms with van der Waals surface area (Å²) in [5.74, 6) is -0.120. The van der Waals surface area contributed by atoms with Gasteiger partial charge in [-0.3, -0.25) is 9.48 Å². The third-order valence-electron chi connectivity index (χ3n) is 5.73. The van der Waals surface area contributed by atoms with Gasteiger partial charge in [-0.2, -0.15) is 0 Å². The molecule has 1 spiro atoms. The van der Waals surface area contributed by atoms with Crippen molar-refractivity contribution in [1.82, 2.24) is 19.7 Å². The molecular formula is C19H24FN5O2. The Bertz CT molecular complexity index is 844. The fraction of sp³-hybridized carbons (Fsp3) is 0.526. The van der Waals surface area contributed by atoms with Gasteiger partial charge in [0.15, 0.2) is 0 Å². The average Bonchev–Trinajstić information content (AvgIpc) is 3.22. The number of carbonyl (C=O) groups is 1. The zero-order valence-electron chi connectivity index (χ0n) is 15.7. The van der Waals surface area contributed by atoms with E-state index in [1.165, 1.54) is 17.1 Å². The highest BCUT2D eigenvalue weighted by Gasteiger charge is 2.45. The number of piperidine rings is 1. The van der Waals surface area contributed by atoms with Crippen LogP contribution in [0, 0.1) is 5.82 Å². The summed E-state index contributed by atoms with van der Waals surface area (Å²) in [4.78, 5) is 20.8. The number of methoxy groups -OCH3 is 1. The van der Waals surface area contributed by atoms with Crippen LogP contribution in [0.3, 0.4) is 0 Å². The Kier molecular flexibility index (Phi) is 4.59. The zero-order chi connectivity index (χ0) is 19.0. The molecule has 1 fully saturated rings. The first-order valence-electron chi connectivity index (χ1n) is 9.21. The first kappa shape index (κ1) is 17.9. The lowest BCUT2D eigenvalue weighted by atomic mass is 9.74. The third-order valence-corrected chi connectivity index (χ3v) is 5.73. The van der Waals surface area contributed by atoms with Gasteiger partial charge in [-0.15, -0.1) is 5.10 Å². The molecule has 3 heterocycles. The largest absolute Gasteiger partial charge is 0.383 e. The molecule has 0 bridgehead atoms. The molecule has 4 rings (SSSR count). The number of nitrogens with zero attached hydrogens (tertiary/aromatic N) is 5. The number of hydrogen-bond acceptors (Lipinski definition) is 5. The van der Waals surface area contributed by atoms with Crippen molar-refractivity contribution in [2.24, 2.45) is 7.05 Å². The van der Waals surface area contributed by atoms with Crippen molar-refractivity contribution in [3.8, 4) is 0 Å². The van der Waals surface area contributed by atoms with Crippen LogP contribution in [0.15, 0.2) is 24.5 Å². The Labute approximate surface area is 157 Å². The maximum Gasteiger partial charge on any atom is 0.293 e. The molecule has 2 aromatic rings. The molecule has 0 aliphatic carbocycles. The van der Waals surface area contributed by atoms with Crippen molar-refractivity contribution in [3.63, 3.8) is 0 Å². The molecule has 2 aliphatic heterocycles. The number of amides is 1. The Hall–Kier alpha value is -2.48. The van der Waals surface area contributed by atoms with Crippen molar-refractivity contribution in [2.45, 2.75) is 18.3 Å². The van der Waals surface area contributed by atoms with E-state index in [9.17, 15) is 9.18 Å². The van der Waals surface area contributed by atoms with Crippen LogP contribution in [0.2, 0.25) is 0 Å². The van der Waals surface area contributed by atoms with E-state index in [1.807, 2.05) is 6.07 Å². The predicted molar refractivity (Wildman–Crippen MR) is 98.3 cm³/mol. The van der Waals surface area contributed by atoms with E-state index in [1.54, 1.807) is 25.1 Å². The summed E-state index contributed by atoms with van der Waals surface area (Å²) in [7, 11) is 3.43. The van der Waals surface area contributed by atoms with Gasteiger partial charge in [-0.1, -0.05) is 0 Å². The SMILES string of the molecule is COCCN1CC2(CCN(C(=O)c3ncn(C)n3)CC2)c2cc(F)ccc21. The minimum absolute atomic E-state index is 0.125. The number of fused-ring (bicyclic) bond motifs is 2. The smallest absolute Gasteiger partial charge is 0.293 e. The molecule has 1 amide bonds. The minimum atomic E-state index is -0.210. The first-order valence-corrected chi connectivity index (χ1v) is 9.21. The van der Waals surface area contributed by atoms with Crippen LogP contribution in [0.5, 0.6) is 0 Å². The maximum absolute atomic E-state index is 14.0. The number of rotatable bonds is 4. The fourth-order valence-corrected chi connectivity index (χ4v) is 4.29. The summed E-state index contributed by atoms with van der Waals surface area (Å²) in [6.07, 6.45) is 3.12. The van der Waals surface area contributed by atoms with Crippen LogP contribution >= 0.6 is 0 Å². The van der Waals surface area contributed by atoms with Gasteiger partial charge in [0, 0.05) is 51.4 Å². The van der Waals surface area contributed by atoms with E-state index < -0.39 is 0 Å². The lowest BCUT2D eigenvalue weighted by Gasteiger charge is -2.39. The summed E-state index contributed by atoms with van der Waals surface area (Å²) in [6.45, 7) is 3.47. The van der Waals surface area contributed by atoms with E-state index in [0.717, 1.165) is 37.2 Å². The third kappa shape index (κ3) is 3.18. The molecule has 8 heteroatoms. The summed E-state index contributed by atoms with van der Waals surface area (Å²) >= 11 is 0. The Morgan fingerprint density at radius 2 is 2.11 bits per heavy atom. The summed E-state index contributed by atoms with van der Waals surface area (Å²) < 4.78 is 20.7. The molecule has 27 heavy (non-hydrogen) atoms. The number of halogens is 1. The van der Waals surface area contributed by atoms with Crippen LogP contribution in [0.4, 0.5) is 10.1 Å². The van der Waals surface area contributed by atoms with Gasteiger partial charge >= 0.3 is 0 Å². The van der Waals surface area contributed by atoms with E-state index in [2.05, 4.69) is 15.0 Å². The number of ether oxygens (including phenoxy) is 1. The van der Waals surface area contributed by atoms with Crippen LogP contribution in [-0.2, 0) is 17.2 Å². The molecule has 1 aromatic heterocycles. The lowest BCUT2D eigenvalue weighted by Crippen LogP contribution is -2.47. The maximum atomic E-state index is 14.0. The standard InChI is InChI=1S/C19H24FN5O2/c1-23-13-21-17(22-23)18(26)24-7-5-19(6-8-24)12-25(9-10-27-2)16-4-3-14(20)11-15(16)19/h3-4,11,13H,5-10,12H2,1-2H3. The van der Waals surface area contributed by atoms with Crippen LogP contribution < -0.4 is 4.90 Å². The Morgan fingerprint density at radius 3 is 2.78 bits per heavy atom. The van der Waals surface area contributed by atoms with Gasteiger partial charge in [0.1, 0.15) is 12.1 Å². The van der Waals surface area contributed by atoms with Crippen LogP contribution in [-0.4, -0.2) is 65.5 Å². The van der Waals surface area contributed by atoms with Gasteiger partial charge in [0.25, 0.3) is 5.91 Å². The predicted octanol–water partition coefficient (Wildman–Crippen LogP) is 1.59. The molecule has 1 saturated heterocycles. The van der Waals surface area contributed by atoms with E-state index in [4.69, 9.17) is 4.74 Å². The molecule has 0 unspecified atom stereocenters. The van der Waals surface area contributed by atoms with Crippen molar-refractivity contribution < 1.29 is 13.9 Å². The summed E-state index contributed by atoms with van der Waals surface area (Å²) in [5.41, 5.74) is 2.01. The number of likely N-dealkylation sites (tertiary alicyclic amines) is 1. The van der Waals surface area contributed by atoms with Crippen molar-refractivity contribution in [2.75, 3.05) is 44.8 Å². The molecule has 0 N–H and O–H groups in total. The van der Waals surface area contributed by atoms with E-state index in [0.29, 0.717) is 19.7 Å². The number of benzene rings is 1. The normalized spacial score (nSPS) is 18.2. The Balaban J connectivity index is 1.53. The van der Waals surface area contributed by atoms with Gasteiger partial charge in [-0.05, 0) is 36.6 Å². The second kappa shape index (κ2) is 6.92. The average molecular weight is 373 g/mol. The quantitative estimate of drug-likeness (QED) is 0.815. The van der Waals surface area contributed by atoms with Crippen molar-refractivity contribution in [1.29, 1.82) is 0 Å². The van der Waals surface area contributed by atoms with Gasteiger partial charge in [0.05, 0.1) is 6.61 Å². The lowest BCUT2D eigenvalue weighted by molar-refractivity contribution is 0.0661. The second-order valence-electron chi connectivity index (χ2n) is 7.39. The summed E-state index contributed by atoms with van der Waals surface area (Å²) in [5, 5.41) is 4.11. The highest BCUT2D eigenvalue weighted by atomic mass is 19.1. The number of aromatic nitrogens is 3. The number of carbonyl (C=O) groups excluding carboxylic acids is 1. The topological polar surface area (TPSA) is 63.5 Å². The summed E-state index contributed by atoms with van der Waals surface area (Å²) in [6, 6.07) is 5.05. The monoisotopic (exact) mass is 373 g/mol. The molecule has 2 aliphatic rings. The highest BCUT2D eigenvalue weighted by Crippen LogP contribution is 2.47. The van der Waals surface area contributed by atoms with Gasteiger partial charge < -0.3 is 14.5 Å². The number of hydrogen-bond donors (Lipinski definition) is 0. The van der Waals surface area contributed by atoms with Crippen molar-refractivity contribution in [3.05, 3.63) is 41.7 Å².